The second-order valence-corrected chi connectivity index (χ2v) is 8.16. The van der Waals surface area contributed by atoms with Crippen molar-refractivity contribution in [3.8, 4) is 17.3 Å². The normalized spacial score (nSPS) is 12.4. The Morgan fingerprint density at radius 3 is 2.69 bits per heavy atom. The molecule has 1 N–H and O–H groups in total. The third kappa shape index (κ3) is 4.39. The molecule has 9 heteroatoms. The summed E-state index contributed by atoms with van der Waals surface area (Å²) in [5.41, 5.74) is 1.40. The number of para-hydroxylation sites is 2. The average Bonchev–Trinajstić information content (AvgIpc) is 3.29. The lowest BCUT2D eigenvalue weighted by Crippen LogP contribution is -2.23. The molecule has 3 aromatic carbocycles. The summed E-state index contributed by atoms with van der Waals surface area (Å²) in [7, 11) is 0. The molecule has 0 amide bonds. The van der Waals surface area contributed by atoms with E-state index < -0.39 is 12.1 Å². The first-order valence-corrected chi connectivity index (χ1v) is 11.0. The molecule has 2 heterocycles. The van der Waals surface area contributed by atoms with E-state index in [1.54, 1.807) is 36.4 Å². The van der Waals surface area contributed by atoms with Crippen LogP contribution in [0.15, 0.2) is 87.1 Å². The van der Waals surface area contributed by atoms with Crippen molar-refractivity contribution in [2.75, 3.05) is 0 Å². The molecule has 0 spiro atoms. The number of carboxylic acid groups (broad SMARTS) is 1. The summed E-state index contributed by atoms with van der Waals surface area (Å²) < 4.78 is 12.5. The number of ether oxygens (including phenoxy) is 1. The minimum atomic E-state index is -1.10. The van der Waals surface area contributed by atoms with Crippen LogP contribution >= 0.6 is 11.6 Å². The number of halogens is 1. The van der Waals surface area contributed by atoms with Crippen LogP contribution in [-0.4, -0.2) is 33.1 Å². The molecule has 0 unspecified atom stereocenters. The first-order chi connectivity index (χ1) is 16.9. The second-order valence-electron chi connectivity index (χ2n) is 7.75. The summed E-state index contributed by atoms with van der Waals surface area (Å²) in [6.45, 7) is 1.41. The Balaban J connectivity index is 1.59. The van der Waals surface area contributed by atoms with Gasteiger partial charge in [-0.2, -0.15) is 9.78 Å². The molecular weight excluding hydrogens is 470 g/mol. The van der Waals surface area contributed by atoms with Gasteiger partial charge in [0.05, 0.1) is 22.1 Å². The fraction of sp³-hybridized carbons (Fsp3) is 0.0769. The zero-order chi connectivity index (χ0) is 24.5. The molecule has 5 rings (SSSR count). The molecule has 5 aromatic rings. The molecule has 0 aliphatic rings. The van der Waals surface area contributed by atoms with Gasteiger partial charge in [0.1, 0.15) is 11.3 Å². The number of rotatable bonds is 6. The SMILES string of the molecule is C[C@@H](Oc1ccc(C=Nn2c(-c3cc4ccccc4o3)nc3ccccc3c2=O)cc1Cl)C(=O)O. The largest absolute Gasteiger partial charge is 0.479 e. The van der Waals surface area contributed by atoms with Gasteiger partial charge >= 0.3 is 5.97 Å². The van der Waals surface area contributed by atoms with Crippen LogP contribution in [0.3, 0.4) is 0 Å². The van der Waals surface area contributed by atoms with Gasteiger partial charge in [0.2, 0.25) is 5.82 Å². The summed E-state index contributed by atoms with van der Waals surface area (Å²) in [6.07, 6.45) is 0.404. The standard InChI is InChI=1S/C26H18ClN3O5/c1-15(26(32)33)34-22-11-10-16(12-19(22)27)14-28-30-24(23-13-17-6-2-5-9-21(17)35-23)29-20-8-4-3-7-18(20)25(30)31/h2-15H,1H3,(H,32,33)/t15-/m1/s1. The molecule has 2 aromatic heterocycles. The highest BCUT2D eigenvalue weighted by atomic mass is 35.5. The van der Waals surface area contributed by atoms with Crippen molar-refractivity contribution in [3.63, 3.8) is 0 Å². The number of hydrogen-bond donors (Lipinski definition) is 1. The van der Waals surface area contributed by atoms with E-state index in [-0.39, 0.29) is 22.2 Å². The summed E-state index contributed by atoms with van der Waals surface area (Å²) in [5, 5.41) is 14.9. The Labute approximate surface area is 203 Å². The van der Waals surface area contributed by atoms with Gasteiger partial charge in [0, 0.05) is 5.39 Å². The average molecular weight is 488 g/mol. The van der Waals surface area contributed by atoms with Gasteiger partial charge in [-0.25, -0.2) is 9.78 Å². The molecule has 35 heavy (non-hydrogen) atoms. The number of nitrogens with zero attached hydrogens (tertiary/aromatic N) is 3. The van der Waals surface area contributed by atoms with E-state index in [1.165, 1.54) is 17.8 Å². The van der Waals surface area contributed by atoms with Crippen molar-refractivity contribution in [1.29, 1.82) is 0 Å². The van der Waals surface area contributed by atoms with E-state index in [2.05, 4.69) is 10.1 Å². The molecule has 1 atom stereocenters. The van der Waals surface area contributed by atoms with Crippen molar-refractivity contribution in [2.24, 2.45) is 5.10 Å². The molecule has 0 saturated carbocycles. The highest BCUT2D eigenvalue weighted by Gasteiger charge is 2.17. The van der Waals surface area contributed by atoms with Gasteiger partial charge < -0.3 is 14.3 Å². The number of fused-ring (bicyclic) bond motifs is 2. The Morgan fingerprint density at radius 2 is 1.91 bits per heavy atom. The second kappa shape index (κ2) is 9.08. The third-order valence-corrected chi connectivity index (χ3v) is 5.62. The molecule has 0 bridgehead atoms. The van der Waals surface area contributed by atoms with Crippen molar-refractivity contribution in [3.05, 3.63) is 93.7 Å². The Bertz CT molecular complexity index is 1640. The Kier molecular flexibility index (Phi) is 5.80. The lowest BCUT2D eigenvalue weighted by atomic mass is 10.2. The van der Waals surface area contributed by atoms with E-state index in [0.717, 1.165) is 5.39 Å². The van der Waals surface area contributed by atoms with E-state index >= 15 is 0 Å². The third-order valence-electron chi connectivity index (χ3n) is 5.33. The van der Waals surface area contributed by atoms with Gasteiger partial charge in [-0.05, 0) is 55.0 Å². The minimum Gasteiger partial charge on any atom is -0.479 e. The summed E-state index contributed by atoms with van der Waals surface area (Å²) in [4.78, 5) is 29.0. The van der Waals surface area contributed by atoms with Gasteiger partial charge in [-0.15, -0.1) is 0 Å². The fourth-order valence-electron chi connectivity index (χ4n) is 3.54. The zero-order valence-electron chi connectivity index (χ0n) is 18.4. The maximum absolute atomic E-state index is 13.3. The molecule has 0 aliphatic heterocycles. The predicted molar refractivity (Wildman–Crippen MR) is 133 cm³/mol. The molecule has 0 fully saturated rings. The van der Waals surface area contributed by atoms with Crippen molar-refractivity contribution in [1.82, 2.24) is 9.66 Å². The number of aliphatic carboxylic acids is 1. The number of furan rings is 1. The van der Waals surface area contributed by atoms with Gasteiger partial charge in [-0.1, -0.05) is 41.9 Å². The number of hydrogen-bond acceptors (Lipinski definition) is 6. The smallest absolute Gasteiger partial charge is 0.344 e. The zero-order valence-corrected chi connectivity index (χ0v) is 19.1. The Hall–Kier alpha value is -4.43. The van der Waals surface area contributed by atoms with Crippen molar-refractivity contribution < 1.29 is 19.1 Å². The predicted octanol–water partition coefficient (Wildman–Crippen LogP) is 5.20. The number of carbonyl (C=O) groups is 1. The molecule has 0 saturated heterocycles. The van der Waals surface area contributed by atoms with Crippen LogP contribution in [0.25, 0.3) is 33.5 Å². The molecule has 0 radical (unpaired) electrons. The lowest BCUT2D eigenvalue weighted by molar-refractivity contribution is -0.144. The molecule has 0 aliphatic carbocycles. The van der Waals surface area contributed by atoms with E-state index in [9.17, 15) is 9.59 Å². The fourth-order valence-corrected chi connectivity index (χ4v) is 3.77. The first kappa shape index (κ1) is 22.4. The van der Waals surface area contributed by atoms with Crippen molar-refractivity contribution in [2.45, 2.75) is 13.0 Å². The maximum atomic E-state index is 13.3. The highest BCUT2D eigenvalue weighted by Crippen LogP contribution is 2.28. The molecule has 8 nitrogen and oxygen atoms in total. The van der Waals surface area contributed by atoms with Crippen LogP contribution in [0.4, 0.5) is 0 Å². The van der Waals surface area contributed by atoms with Gasteiger partial charge in [0.15, 0.2) is 11.9 Å². The highest BCUT2D eigenvalue weighted by molar-refractivity contribution is 6.32. The van der Waals surface area contributed by atoms with Gasteiger partial charge in [-0.3, -0.25) is 4.79 Å². The van der Waals surface area contributed by atoms with E-state index in [1.807, 2.05) is 36.4 Å². The Morgan fingerprint density at radius 1 is 1.14 bits per heavy atom. The topological polar surface area (TPSA) is 107 Å². The number of carboxylic acids is 1. The quantitative estimate of drug-likeness (QED) is 0.330. The minimum absolute atomic E-state index is 0.212. The summed E-state index contributed by atoms with van der Waals surface area (Å²) in [5.74, 6) is -0.225. The van der Waals surface area contributed by atoms with Crippen molar-refractivity contribution >= 4 is 45.7 Å². The van der Waals surface area contributed by atoms with E-state index in [4.69, 9.17) is 25.9 Å². The van der Waals surface area contributed by atoms with Crippen LogP contribution in [-0.2, 0) is 4.79 Å². The maximum Gasteiger partial charge on any atom is 0.344 e. The van der Waals surface area contributed by atoms with Gasteiger partial charge in [0.25, 0.3) is 5.56 Å². The van der Waals surface area contributed by atoms with E-state index in [0.29, 0.717) is 27.8 Å². The summed E-state index contributed by atoms with van der Waals surface area (Å²) >= 11 is 6.27. The number of aromatic nitrogens is 2. The monoisotopic (exact) mass is 487 g/mol. The van der Waals surface area contributed by atoms with Crippen LogP contribution in [0.2, 0.25) is 5.02 Å². The van der Waals surface area contributed by atoms with Crippen LogP contribution in [0, 0.1) is 0 Å². The van der Waals surface area contributed by atoms with Crippen LogP contribution in [0.5, 0.6) is 5.75 Å². The molecule has 174 valence electrons. The first-order valence-electron chi connectivity index (χ1n) is 10.6. The summed E-state index contributed by atoms with van der Waals surface area (Å²) in [6, 6.07) is 21.1. The van der Waals surface area contributed by atoms with Crippen LogP contribution < -0.4 is 10.3 Å². The van der Waals surface area contributed by atoms with Crippen LogP contribution in [0.1, 0.15) is 12.5 Å². The molecular formula is C26H18ClN3O5. The lowest BCUT2D eigenvalue weighted by Gasteiger charge is -2.12. The number of benzene rings is 3.